The van der Waals surface area contributed by atoms with E-state index in [1.165, 1.54) is 0 Å². The molecule has 0 amide bonds. The molecule has 10 nitrogen and oxygen atoms in total. The summed E-state index contributed by atoms with van der Waals surface area (Å²) in [6.45, 7) is 4.53. The van der Waals surface area contributed by atoms with Crippen LogP contribution in [0.3, 0.4) is 0 Å². The lowest BCUT2D eigenvalue weighted by atomic mass is 9.95. The molecule has 11 heteroatoms. The molecule has 2 saturated heterocycles. The average Bonchev–Trinajstić information content (AvgIpc) is 3.40. The number of alkyl halides is 1. The van der Waals surface area contributed by atoms with Crippen LogP contribution in [-0.2, 0) is 87.0 Å². The van der Waals surface area contributed by atoms with Crippen LogP contribution in [-0.4, -0.2) is 81.3 Å². The molecule has 0 bridgehead atoms. The van der Waals surface area contributed by atoms with Crippen LogP contribution in [0.4, 0.5) is 4.39 Å². The van der Waals surface area contributed by atoms with E-state index >= 15 is 4.39 Å². The van der Waals surface area contributed by atoms with E-state index in [4.69, 9.17) is 47.4 Å². The molecule has 2 aliphatic heterocycles. The number of ether oxygens (including phenoxy) is 10. The molecular formula is C57H61FO10. The van der Waals surface area contributed by atoms with Gasteiger partial charge in [-0.05, 0) is 33.4 Å². The lowest BCUT2D eigenvalue weighted by Crippen LogP contribution is -2.66. The summed E-state index contributed by atoms with van der Waals surface area (Å²) in [6, 6.07) is 59.0. The van der Waals surface area contributed by atoms with Gasteiger partial charge in [-0.25, -0.2) is 4.39 Å². The first-order chi connectivity index (χ1) is 33.6. The van der Waals surface area contributed by atoms with Crippen LogP contribution < -0.4 is 0 Å². The molecule has 0 radical (unpaired) electrons. The highest BCUT2D eigenvalue weighted by Gasteiger charge is 2.54. The van der Waals surface area contributed by atoms with Gasteiger partial charge in [-0.2, -0.15) is 0 Å². The van der Waals surface area contributed by atoms with Crippen molar-refractivity contribution in [3.63, 3.8) is 0 Å². The predicted molar refractivity (Wildman–Crippen MR) is 256 cm³/mol. The van der Waals surface area contributed by atoms with E-state index in [-0.39, 0.29) is 46.2 Å². The Bertz CT molecular complexity index is 2300. The van der Waals surface area contributed by atoms with E-state index in [1.807, 2.05) is 182 Å². The normalized spacial score (nSPS) is 24.9. The molecule has 8 rings (SSSR count). The van der Waals surface area contributed by atoms with Crippen molar-refractivity contribution in [1.82, 2.24) is 0 Å². The first-order valence-corrected chi connectivity index (χ1v) is 23.3. The standard InChI is InChI=1S/C57H61FO10/c1-2-33-60-56-54(64-39-46-29-17-7-18-30-46)53(63-38-45-27-15-6-16-28-45)51(49(67-56)41-59-35-42-21-9-3-10-22-42)68-57-55(65-40-47-31-19-8-20-32-47)52(62-37-44-25-13-5-14-26-44)50(48(34-58)66-57)61-36-43-23-11-4-12-24-43/h2-32,48-57H,1,33-41H2/t48-,49-,50-,51-,52+,53+,54-,55-,56+,57+/m1/s1. The summed E-state index contributed by atoms with van der Waals surface area (Å²) >= 11 is 0. The number of halogens is 1. The van der Waals surface area contributed by atoms with E-state index < -0.39 is 68.1 Å². The second-order valence-corrected chi connectivity index (χ2v) is 16.8. The smallest absolute Gasteiger partial charge is 0.187 e. The van der Waals surface area contributed by atoms with Crippen molar-refractivity contribution >= 4 is 0 Å². The van der Waals surface area contributed by atoms with Crippen molar-refractivity contribution in [2.45, 2.75) is 101 Å². The van der Waals surface area contributed by atoms with Gasteiger partial charge in [0.1, 0.15) is 55.5 Å². The molecule has 0 aromatic heterocycles. The third kappa shape index (κ3) is 14.1. The van der Waals surface area contributed by atoms with Crippen LogP contribution in [0.5, 0.6) is 0 Å². The van der Waals surface area contributed by atoms with Gasteiger partial charge in [0.05, 0.1) is 52.9 Å². The van der Waals surface area contributed by atoms with Gasteiger partial charge in [0, 0.05) is 0 Å². The molecule has 0 aliphatic carbocycles. The maximum atomic E-state index is 15.7. The molecule has 2 fully saturated rings. The van der Waals surface area contributed by atoms with Crippen LogP contribution in [0.1, 0.15) is 33.4 Å². The molecular weight excluding hydrogens is 864 g/mol. The van der Waals surface area contributed by atoms with Crippen LogP contribution in [0.25, 0.3) is 0 Å². The monoisotopic (exact) mass is 924 g/mol. The largest absolute Gasteiger partial charge is 0.374 e. The van der Waals surface area contributed by atoms with E-state index in [9.17, 15) is 0 Å². The minimum Gasteiger partial charge on any atom is -0.374 e. The summed E-state index contributed by atoms with van der Waals surface area (Å²) in [4.78, 5) is 0. The lowest BCUT2D eigenvalue weighted by molar-refractivity contribution is -0.375. The quantitative estimate of drug-likeness (QED) is 0.0517. The van der Waals surface area contributed by atoms with Crippen molar-refractivity contribution in [3.8, 4) is 0 Å². The summed E-state index contributed by atoms with van der Waals surface area (Å²) in [5.74, 6) is 0. The maximum absolute atomic E-state index is 15.7. The van der Waals surface area contributed by atoms with Gasteiger partial charge >= 0.3 is 0 Å². The maximum Gasteiger partial charge on any atom is 0.187 e. The van der Waals surface area contributed by atoms with Gasteiger partial charge in [0.15, 0.2) is 12.6 Å². The molecule has 0 N–H and O–H groups in total. The Labute approximate surface area is 399 Å². The van der Waals surface area contributed by atoms with Crippen molar-refractivity contribution in [2.24, 2.45) is 0 Å². The molecule has 356 valence electrons. The fourth-order valence-corrected chi connectivity index (χ4v) is 8.37. The fourth-order valence-electron chi connectivity index (χ4n) is 8.37. The van der Waals surface area contributed by atoms with Crippen molar-refractivity contribution in [3.05, 3.63) is 228 Å². The number of hydrogen-bond donors (Lipinski definition) is 0. The summed E-state index contributed by atoms with van der Waals surface area (Å²) in [5.41, 5.74) is 5.61. The van der Waals surface area contributed by atoms with Gasteiger partial charge < -0.3 is 47.4 Å². The topological polar surface area (TPSA) is 92.3 Å². The molecule has 2 heterocycles. The highest BCUT2D eigenvalue weighted by atomic mass is 19.1. The second kappa shape index (κ2) is 26.4. The Kier molecular flexibility index (Phi) is 19.0. The van der Waals surface area contributed by atoms with Gasteiger partial charge in [-0.15, -0.1) is 6.58 Å². The Balaban J connectivity index is 1.18. The first kappa shape index (κ1) is 49.0. The van der Waals surface area contributed by atoms with Gasteiger partial charge in [-0.3, -0.25) is 0 Å². The van der Waals surface area contributed by atoms with Crippen molar-refractivity contribution < 1.29 is 51.8 Å². The lowest BCUT2D eigenvalue weighted by Gasteiger charge is -2.50. The third-order valence-corrected chi connectivity index (χ3v) is 11.8. The summed E-state index contributed by atoms with van der Waals surface area (Å²) in [5, 5.41) is 0. The molecule has 6 aromatic rings. The first-order valence-electron chi connectivity index (χ1n) is 23.3. The predicted octanol–water partition coefficient (Wildman–Crippen LogP) is 10.1. The SMILES string of the molecule is C=CCO[C@H]1O[C@H](COCc2ccccc2)[C@@H](O[C@@H]2O[C@H](CF)[C@@H](OCc3ccccc3)[C@H](OCc3ccccc3)[C@H]2OCc2ccccc2)[C@H](OCc2ccccc2)[C@H]1OCc1ccccc1. The minimum atomic E-state index is -1.23. The second-order valence-electron chi connectivity index (χ2n) is 16.8. The minimum absolute atomic E-state index is 0.0651. The zero-order valence-corrected chi connectivity index (χ0v) is 38.2. The Morgan fingerprint density at radius 3 is 1.12 bits per heavy atom. The van der Waals surface area contributed by atoms with Gasteiger partial charge in [0.25, 0.3) is 0 Å². The van der Waals surface area contributed by atoms with Crippen molar-refractivity contribution in [2.75, 3.05) is 19.9 Å². The Morgan fingerprint density at radius 2 is 0.721 bits per heavy atom. The highest BCUT2D eigenvalue weighted by molar-refractivity contribution is 5.18. The summed E-state index contributed by atoms with van der Waals surface area (Å²) < 4.78 is 83.5. The van der Waals surface area contributed by atoms with E-state index in [1.54, 1.807) is 6.08 Å². The van der Waals surface area contributed by atoms with Crippen molar-refractivity contribution in [1.29, 1.82) is 0 Å². The molecule has 0 spiro atoms. The van der Waals surface area contributed by atoms with Gasteiger partial charge in [0.2, 0.25) is 0 Å². The highest BCUT2D eigenvalue weighted by Crippen LogP contribution is 2.37. The molecule has 6 aromatic carbocycles. The van der Waals surface area contributed by atoms with E-state index in [0.29, 0.717) is 6.61 Å². The van der Waals surface area contributed by atoms with E-state index in [2.05, 4.69) is 6.58 Å². The molecule has 2 aliphatic rings. The summed E-state index contributed by atoms with van der Waals surface area (Å²) in [7, 11) is 0. The zero-order chi connectivity index (χ0) is 46.6. The fraction of sp³-hybridized carbons (Fsp3) is 0.333. The Hall–Kier alpha value is -5.41. The molecule has 10 atom stereocenters. The third-order valence-electron chi connectivity index (χ3n) is 11.8. The number of rotatable bonds is 25. The van der Waals surface area contributed by atoms with Crippen LogP contribution in [0.2, 0.25) is 0 Å². The Morgan fingerprint density at radius 1 is 0.382 bits per heavy atom. The zero-order valence-electron chi connectivity index (χ0n) is 38.2. The molecule has 68 heavy (non-hydrogen) atoms. The average molecular weight is 925 g/mol. The van der Waals surface area contributed by atoms with Crippen LogP contribution >= 0.6 is 0 Å². The molecule has 0 saturated carbocycles. The van der Waals surface area contributed by atoms with Crippen LogP contribution in [0, 0.1) is 0 Å². The molecule has 0 unspecified atom stereocenters. The van der Waals surface area contributed by atoms with Gasteiger partial charge in [-0.1, -0.05) is 188 Å². The summed E-state index contributed by atoms with van der Waals surface area (Å²) in [6.07, 6.45) is -7.82. The van der Waals surface area contributed by atoms with Crippen LogP contribution in [0.15, 0.2) is 195 Å². The van der Waals surface area contributed by atoms with E-state index in [0.717, 1.165) is 33.4 Å². The number of hydrogen-bond acceptors (Lipinski definition) is 10. The number of benzene rings is 6.